The van der Waals surface area contributed by atoms with E-state index in [1.165, 1.54) is 0 Å². The van der Waals surface area contributed by atoms with Crippen molar-refractivity contribution >= 4 is 0 Å². The molecular weight excluding hydrogens is 416 g/mol. The van der Waals surface area contributed by atoms with Crippen LogP contribution in [0, 0.1) is 0 Å². The summed E-state index contributed by atoms with van der Waals surface area (Å²) >= 11 is 0. The lowest BCUT2D eigenvalue weighted by atomic mass is 10.3. The first-order chi connectivity index (χ1) is 15.9. The summed E-state index contributed by atoms with van der Waals surface area (Å²) in [5.74, 6) is 2.95. The van der Waals surface area contributed by atoms with Crippen LogP contribution in [0.25, 0.3) is 0 Å². The Morgan fingerprint density at radius 3 is 0.875 bits per heavy atom. The van der Waals surface area contributed by atoms with E-state index in [2.05, 4.69) is 0 Å². The first-order valence-corrected chi connectivity index (χ1v) is 10.9. The molecule has 0 atom stereocenters. The molecule has 0 aliphatic carbocycles. The third kappa shape index (κ3) is 10.2. The predicted octanol–water partition coefficient (Wildman–Crippen LogP) is 2.98. The third-order valence-electron chi connectivity index (χ3n) is 4.34. The lowest BCUT2D eigenvalue weighted by Gasteiger charge is -2.12. The van der Waals surface area contributed by atoms with Crippen LogP contribution in [0.4, 0.5) is 0 Å². The van der Waals surface area contributed by atoms with Crippen LogP contribution in [-0.2, 0) is 18.9 Å². The molecule has 176 valence electrons. The number of ether oxygens (including phenoxy) is 8. The van der Waals surface area contributed by atoms with Gasteiger partial charge in [-0.3, -0.25) is 0 Å². The first-order valence-electron chi connectivity index (χ1n) is 10.9. The maximum atomic E-state index is 5.70. The van der Waals surface area contributed by atoms with E-state index in [0.717, 1.165) is 23.0 Å². The van der Waals surface area contributed by atoms with Crippen molar-refractivity contribution in [2.24, 2.45) is 0 Å². The molecule has 32 heavy (non-hydrogen) atoms. The fourth-order valence-corrected chi connectivity index (χ4v) is 2.83. The second kappa shape index (κ2) is 15.3. The van der Waals surface area contributed by atoms with Crippen LogP contribution in [0.2, 0.25) is 0 Å². The van der Waals surface area contributed by atoms with E-state index in [1.54, 1.807) is 0 Å². The van der Waals surface area contributed by atoms with Gasteiger partial charge in [0.15, 0.2) is 0 Å². The molecule has 1 aliphatic heterocycles. The Morgan fingerprint density at radius 2 is 0.594 bits per heavy atom. The van der Waals surface area contributed by atoms with Gasteiger partial charge in [-0.1, -0.05) is 12.1 Å². The molecule has 8 heteroatoms. The Morgan fingerprint density at radius 1 is 0.344 bits per heavy atom. The van der Waals surface area contributed by atoms with Gasteiger partial charge in [-0.25, -0.2) is 0 Å². The number of benzene rings is 2. The molecule has 2 aromatic carbocycles. The van der Waals surface area contributed by atoms with Crippen molar-refractivity contribution in [1.29, 1.82) is 0 Å². The van der Waals surface area contributed by atoms with Crippen LogP contribution in [-0.4, -0.2) is 79.3 Å². The minimum atomic E-state index is 0.452. The normalized spacial score (nSPS) is 18.2. The van der Waals surface area contributed by atoms with Crippen molar-refractivity contribution in [3.8, 4) is 23.0 Å². The summed E-state index contributed by atoms with van der Waals surface area (Å²) in [5, 5.41) is 0. The average molecular weight is 449 g/mol. The summed E-state index contributed by atoms with van der Waals surface area (Å²) in [4.78, 5) is 0. The van der Waals surface area contributed by atoms with Gasteiger partial charge in [-0.2, -0.15) is 0 Å². The Labute approximate surface area is 189 Å². The molecule has 0 saturated heterocycles. The van der Waals surface area contributed by atoms with Crippen molar-refractivity contribution in [3.05, 3.63) is 48.5 Å². The Balaban J connectivity index is 1.41. The molecule has 1 heterocycles. The molecule has 0 spiro atoms. The van der Waals surface area contributed by atoms with Crippen molar-refractivity contribution in [2.75, 3.05) is 79.3 Å². The molecule has 0 radical (unpaired) electrons. The van der Waals surface area contributed by atoms with Gasteiger partial charge in [0.2, 0.25) is 0 Å². The van der Waals surface area contributed by atoms with E-state index < -0.39 is 0 Å². The summed E-state index contributed by atoms with van der Waals surface area (Å²) in [5.41, 5.74) is 0. The van der Waals surface area contributed by atoms with E-state index in [4.69, 9.17) is 37.9 Å². The first kappa shape index (κ1) is 24.1. The molecule has 0 amide bonds. The number of fused-ring (bicyclic) bond motifs is 4. The standard InChI is InChI=1S/C24H32O8/c1-3-21-19-22(4-1)30-16-12-26-8-10-28-14-18-32-24-6-2-5-23(20-24)31-17-13-27-9-7-25-11-15-29-21/h1-6,19-20H,7-18H2. The third-order valence-corrected chi connectivity index (χ3v) is 4.34. The largest absolute Gasteiger partial charge is 0.491 e. The maximum Gasteiger partial charge on any atom is 0.123 e. The summed E-state index contributed by atoms with van der Waals surface area (Å²) in [6.07, 6.45) is 0. The molecule has 3 rings (SSSR count). The van der Waals surface area contributed by atoms with E-state index >= 15 is 0 Å². The van der Waals surface area contributed by atoms with Crippen LogP contribution in [0.5, 0.6) is 23.0 Å². The summed E-state index contributed by atoms with van der Waals surface area (Å²) < 4.78 is 45.0. The second-order valence-corrected chi connectivity index (χ2v) is 6.79. The fourth-order valence-electron chi connectivity index (χ4n) is 2.83. The van der Waals surface area contributed by atoms with Crippen molar-refractivity contribution < 1.29 is 37.9 Å². The Kier molecular flexibility index (Phi) is 11.5. The monoisotopic (exact) mass is 448 g/mol. The smallest absolute Gasteiger partial charge is 0.123 e. The number of hydrogen-bond acceptors (Lipinski definition) is 8. The van der Waals surface area contributed by atoms with Crippen LogP contribution in [0.3, 0.4) is 0 Å². The van der Waals surface area contributed by atoms with E-state index in [9.17, 15) is 0 Å². The highest BCUT2D eigenvalue weighted by Crippen LogP contribution is 2.20. The minimum absolute atomic E-state index is 0.452. The van der Waals surface area contributed by atoms with E-state index in [0.29, 0.717) is 79.3 Å². The summed E-state index contributed by atoms with van der Waals surface area (Å²) in [6.45, 7) is 5.72. The fraction of sp³-hybridized carbons (Fsp3) is 0.500. The lowest BCUT2D eigenvalue weighted by molar-refractivity contribution is 0.0260. The highest BCUT2D eigenvalue weighted by molar-refractivity contribution is 5.33. The van der Waals surface area contributed by atoms with Gasteiger partial charge in [-0.15, -0.1) is 0 Å². The zero-order chi connectivity index (χ0) is 22.1. The molecule has 0 N–H and O–H groups in total. The Hall–Kier alpha value is -2.52. The molecule has 4 bridgehead atoms. The number of hydrogen-bond donors (Lipinski definition) is 0. The van der Waals surface area contributed by atoms with Crippen molar-refractivity contribution in [2.45, 2.75) is 0 Å². The minimum Gasteiger partial charge on any atom is -0.491 e. The highest BCUT2D eigenvalue weighted by atomic mass is 16.6. The van der Waals surface area contributed by atoms with Gasteiger partial charge < -0.3 is 37.9 Å². The zero-order valence-electron chi connectivity index (χ0n) is 18.4. The van der Waals surface area contributed by atoms with E-state index in [1.807, 2.05) is 48.5 Å². The number of rotatable bonds is 0. The van der Waals surface area contributed by atoms with Gasteiger partial charge in [0, 0.05) is 12.1 Å². The van der Waals surface area contributed by atoms with Gasteiger partial charge in [0.05, 0.1) is 52.9 Å². The Bertz CT molecular complexity index is 636. The maximum absolute atomic E-state index is 5.70. The quantitative estimate of drug-likeness (QED) is 0.609. The zero-order valence-corrected chi connectivity index (χ0v) is 18.4. The molecular formula is C24H32O8. The van der Waals surface area contributed by atoms with Crippen LogP contribution in [0.1, 0.15) is 0 Å². The summed E-state index contributed by atoms with van der Waals surface area (Å²) in [6, 6.07) is 15.0. The molecule has 0 unspecified atom stereocenters. The SMILES string of the molecule is c1cc2cc(c1)OCCOCCOCCOc1cccc(c1)OCCOCCOCCO2. The molecule has 0 aromatic heterocycles. The van der Waals surface area contributed by atoms with Crippen molar-refractivity contribution in [1.82, 2.24) is 0 Å². The van der Waals surface area contributed by atoms with Gasteiger partial charge >= 0.3 is 0 Å². The molecule has 2 aromatic rings. The predicted molar refractivity (Wildman–Crippen MR) is 118 cm³/mol. The molecule has 1 aliphatic rings. The summed E-state index contributed by atoms with van der Waals surface area (Å²) in [7, 11) is 0. The van der Waals surface area contributed by atoms with Gasteiger partial charge in [0.1, 0.15) is 49.4 Å². The van der Waals surface area contributed by atoms with Gasteiger partial charge in [-0.05, 0) is 24.3 Å². The highest BCUT2D eigenvalue weighted by Gasteiger charge is 2.01. The molecule has 8 nitrogen and oxygen atoms in total. The van der Waals surface area contributed by atoms with Crippen LogP contribution in [0.15, 0.2) is 48.5 Å². The topological polar surface area (TPSA) is 73.8 Å². The average Bonchev–Trinajstić information content (AvgIpc) is 2.81. The van der Waals surface area contributed by atoms with E-state index in [-0.39, 0.29) is 0 Å². The lowest BCUT2D eigenvalue weighted by Crippen LogP contribution is -2.14. The van der Waals surface area contributed by atoms with Crippen LogP contribution >= 0.6 is 0 Å². The second-order valence-electron chi connectivity index (χ2n) is 6.79. The van der Waals surface area contributed by atoms with Crippen LogP contribution < -0.4 is 18.9 Å². The van der Waals surface area contributed by atoms with Crippen molar-refractivity contribution in [3.63, 3.8) is 0 Å². The molecule has 0 fully saturated rings. The molecule has 0 saturated carbocycles. The van der Waals surface area contributed by atoms with Gasteiger partial charge in [0.25, 0.3) is 0 Å².